The molecule has 0 aromatic heterocycles. The Hall–Kier alpha value is -1.76. The fraction of sp³-hybridized carbons (Fsp3) is 0.364. The first-order valence-corrected chi connectivity index (χ1v) is 7.26. The van der Waals surface area contributed by atoms with Crippen LogP contribution in [-0.4, -0.2) is 44.7 Å². The Balaban J connectivity index is 2.08. The quantitative estimate of drug-likeness (QED) is 0.756. The van der Waals surface area contributed by atoms with Gasteiger partial charge < -0.3 is 16.0 Å². The fourth-order valence-corrected chi connectivity index (χ4v) is 3.22. The molecule has 2 amide bonds. The summed E-state index contributed by atoms with van der Waals surface area (Å²) in [7, 11) is -3.45. The number of urea groups is 1. The zero-order valence-corrected chi connectivity index (χ0v) is 10.6. The average molecular weight is 269 g/mol. The number of anilines is 1. The van der Waals surface area contributed by atoms with E-state index in [1.807, 2.05) is 0 Å². The van der Waals surface area contributed by atoms with E-state index in [9.17, 15) is 13.2 Å². The first-order valence-electron chi connectivity index (χ1n) is 5.61. The number of nitrogens with one attached hydrogen (secondary N) is 1. The first kappa shape index (κ1) is 12.7. The maximum absolute atomic E-state index is 12.1. The molecule has 1 aromatic carbocycles. The molecule has 3 N–H and O–H groups in total. The lowest BCUT2D eigenvalue weighted by Gasteiger charge is -2.14. The van der Waals surface area contributed by atoms with Gasteiger partial charge in [0.1, 0.15) is 0 Å². The summed E-state index contributed by atoms with van der Waals surface area (Å²) in [5.74, 6) is -0.116. The van der Waals surface area contributed by atoms with E-state index in [1.165, 1.54) is 11.0 Å². The molecule has 1 saturated heterocycles. The fourth-order valence-electron chi connectivity index (χ4n) is 1.83. The number of nitrogen functional groups attached to an aromatic ring is 1. The van der Waals surface area contributed by atoms with Crippen LogP contribution in [-0.2, 0) is 9.84 Å². The molecule has 1 fully saturated rings. The van der Waals surface area contributed by atoms with Gasteiger partial charge in [-0.25, -0.2) is 13.2 Å². The van der Waals surface area contributed by atoms with E-state index >= 15 is 0 Å². The van der Waals surface area contributed by atoms with Gasteiger partial charge in [-0.2, -0.15) is 0 Å². The Morgan fingerprint density at radius 2 is 2.06 bits per heavy atom. The van der Waals surface area contributed by atoms with Crippen LogP contribution in [0.2, 0.25) is 0 Å². The van der Waals surface area contributed by atoms with Crippen molar-refractivity contribution >= 4 is 21.6 Å². The maximum Gasteiger partial charge on any atom is 0.317 e. The van der Waals surface area contributed by atoms with Gasteiger partial charge in [0.05, 0.1) is 16.3 Å². The maximum atomic E-state index is 12.1. The summed E-state index contributed by atoms with van der Waals surface area (Å²) in [6.45, 7) is 1.29. The van der Waals surface area contributed by atoms with Crippen molar-refractivity contribution < 1.29 is 13.2 Å². The second-order valence-electron chi connectivity index (χ2n) is 4.08. The van der Waals surface area contributed by atoms with Gasteiger partial charge in [-0.05, 0) is 12.1 Å². The number of amides is 2. The predicted octanol–water partition coefficient (Wildman–Crippen LogP) is 0.0677. The molecule has 0 aliphatic carbocycles. The van der Waals surface area contributed by atoms with Crippen LogP contribution in [0.1, 0.15) is 0 Å². The van der Waals surface area contributed by atoms with Crippen LogP contribution in [0.5, 0.6) is 0 Å². The molecule has 6 nitrogen and oxygen atoms in total. The summed E-state index contributed by atoms with van der Waals surface area (Å²) >= 11 is 0. The number of nitrogens with two attached hydrogens (primary N) is 1. The molecule has 7 heteroatoms. The van der Waals surface area contributed by atoms with Gasteiger partial charge >= 0.3 is 6.03 Å². The Kier molecular flexibility index (Phi) is 3.42. The summed E-state index contributed by atoms with van der Waals surface area (Å²) in [6.07, 6.45) is 0. The second-order valence-corrected chi connectivity index (χ2v) is 6.15. The Morgan fingerprint density at radius 1 is 1.33 bits per heavy atom. The van der Waals surface area contributed by atoms with Crippen LogP contribution in [0, 0.1) is 0 Å². The second kappa shape index (κ2) is 4.85. The summed E-state index contributed by atoms with van der Waals surface area (Å²) in [4.78, 5) is 12.9. The predicted molar refractivity (Wildman–Crippen MR) is 67.9 cm³/mol. The third-order valence-electron chi connectivity index (χ3n) is 2.83. The van der Waals surface area contributed by atoms with Crippen molar-refractivity contribution in [2.75, 3.05) is 31.1 Å². The molecule has 0 bridgehead atoms. The van der Waals surface area contributed by atoms with Crippen molar-refractivity contribution in [2.24, 2.45) is 0 Å². The highest BCUT2D eigenvalue weighted by Gasteiger charge is 2.23. The standard InChI is InChI=1S/C11H15N3O3S/c12-9-3-1-2-4-10(9)18(16,17)8-7-14-6-5-13-11(14)15/h1-4H,5-8,12H2,(H,13,15). The average Bonchev–Trinajstić information content (AvgIpc) is 2.73. The summed E-state index contributed by atoms with van der Waals surface area (Å²) < 4.78 is 24.2. The minimum Gasteiger partial charge on any atom is -0.398 e. The van der Waals surface area contributed by atoms with Crippen LogP contribution in [0.4, 0.5) is 10.5 Å². The minimum absolute atomic E-state index is 0.116. The molecular formula is C11H15N3O3S. The van der Waals surface area contributed by atoms with Gasteiger partial charge in [-0.1, -0.05) is 12.1 Å². The number of nitrogens with zero attached hydrogens (tertiary/aromatic N) is 1. The van der Waals surface area contributed by atoms with E-state index in [0.717, 1.165) is 0 Å². The lowest BCUT2D eigenvalue weighted by atomic mass is 10.3. The molecular weight excluding hydrogens is 254 g/mol. The van der Waals surface area contributed by atoms with Gasteiger partial charge in [-0.15, -0.1) is 0 Å². The van der Waals surface area contributed by atoms with Crippen molar-refractivity contribution in [3.05, 3.63) is 24.3 Å². The zero-order chi connectivity index (χ0) is 13.2. The monoisotopic (exact) mass is 269 g/mol. The molecule has 18 heavy (non-hydrogen) atoms. The molecule has 1 aliphatic heterocycles. The summed E-state index contributed by atoms with van der Waals surface area (Å²) in [5, 5.41) is 2.62. The van der Waals surface area contributed by atoms with Crippen LogP contribution in [0.15, 0.2) is 29.2 Å². The number of benzene rings is 1. The van der Waals surface area contributed by atoms with E-state index in [1.54, 1.807) is 18.2 Å². The molecule has 1 aromatic rings. The van der Waals surface area contributed by atoms with E-state index in [0.29, 0.717) is 13.1 Å². The summed E-state index contributed by atoms with van der Waals surface area (Å²) in [6, 6.07) is 6.13. The topological polar surface area (TPSA) is 92.5 Å². The van der Waals surface area contributed by atoms with Crippen molar-refractivity contribution in [1.82, 2.24) is 10.2 Å². The molecule has 98 valence electrons. The van der Waals surface area contributed by atoms with E-state index in [4.69, 9.17) is 5.73 Å². The molecule has 0 spiro atoms. The number of para-hydroxylation sites is 1. The highest BCUT2D eigenvalue weighted by atomic mass is 32.2. The van der Waals surface area contributed by atoms with Crippen molar-refractivity contribution in [1.29, 1.82) is 0 Å². The number of hydrogen-bond donors (Lipinski definition) is 2. The van der Waals surface area contributed by atoms with Crippen molar-refractivity contribution in [2.45, 2.75) is 4.90 Å². The number of sulfone groups is 1. The molecule has 0 radical (unpaired) electrons. The van der Waals surface area contributed by atoms with E-state index in [-0.39, 0.29) is 28.9 Å². The third kappa shape index (κ3) is 2.56. The molecule has 2 rings (SSSR count). The Morgan fingerprint density at radius 3 is 2.67 bits per heavy atom. The van der Waals surface area contributed by atoms with Crippen molar-refractivity contribution in [3.8, 4) is 0 Å². The van der Waals surface area contributed by atoms with Gasteiger partial charge in [0.25, 0.3) is 0 Å². The summed E-state index contributed by atoms with van der Waals surface area (Å²) in [5.41, 5.74) is 5.88. The van der Waals surface area contributed by atoms with Crippen LogP contribution in [0.3, 0.4) is 0 Å². The molecule has 0 atom stereocenters. The number of hydrogen-bond acceptors (Lipinski definition) is 4. The SMILES string of the molecule is Nc1ccccc1S(=O)(=O)CCN1CCNC1=O. The number of carbonyl (C=O) groups is 1. The smallest absolute Gasteiger partial charge is 0.317 e. The highest BCUT2D eigenvalue weighted by molar-refractivity contribution is 7.91. The lowest BCUT2D eigenvalue weighted by Crippen LogP contribution is -2.32. The third-order valence-corrected chi connectivity index (χ3v) is 4.59. The van der Waals surface area contributed by atoms with E-state index < -0.39 is 9.84 Å². The number of carbonyl (C=O) groups excluding carboxylic acids is 1. The molecule has 0 unspecified atom stereocenters. The van der Waals surface area contributed by atoms with Gasteiger partial charge in [0.2, 0.25) is 0 Å². The van der Waals surface area contributed by atoms with Crippen LogP contribution >= 0.6 is 0 Å². The van der Waals surface area contributed by atoms with Gasteiger partial charge in [-0.3, -0.25) is 0 Å². The van der Waals surface area contributed by atoms with Crippen LogP contribution < -0.4 is 11.1 Å². The van der Waals surface area contributed by atoms with Gasteiger partial charge in [0.15, 0.2) is 9.84 Å². The minimum atomic E-state index is -3.45. The largest absolute Gasteiger partial charge is 0.398 e. The highest BCUT2D eigenvalue weighted by Crippen LogP contribution is 2.18. The molecule has 1 heterocycles. The Labute approximate surface area is 106 Å². The first-order chi connectivity index (χ1) is 8.50. The lowest BCUT2D eigenvalue weighted by molar-refractivity contribution is 0.220. The van der Waals surface area contributed by atoms with Gasteiger partial charge in [0, 0.05) is 19.6 Å². The normalized spacial score (nSPS) is 15.8. The number of rotatable bonds is 4. The molecule has 0 saturated carbocycles. The van der Waals surface area contributed by atoms with E-state index in [2.05, 4.69) is 5.32 Å². The zero-order valence-electron chi connectivity index (χ0n) is 9.80. The molecule has 1 aliphatic rings. The Bertz CT molecular complexity index is 556. The van der Waals surface area contributed by atoms with Crippen LogP contribution in [0.25, 0.3) is 0 Å². The van der Waals surface area contributed by atoms with Crippen molar-refractivity contribution in [3.63, 3.8) is 0 Å².